The lowest BCUT2D eigenvalue weighted by Crippen LogP contribution is -2.38. The monoisotopic (exact) mass is 580 g/mol. The van der Waals surface area contributed by atoms with Crippen molar-refractivity contribution in [3.05, 3.63) is 103 Å². The van der Waals surface area contributed by atoms with Gasteiger partial charge in [-0.3, -0.25) is 4.57 Å². The second kappa shape index (κ2) is 13.3. The van der Waals surface area contributed by atoms with Gasteiger partial charge in [-0.15, -0.1) is 0 Å². The Labute approximate surface area is 246 Å². The molecule has 0 fully saturated rings. The topological polar surface area (TPSA) is 132 Å². The lowest BCUT2D eigenvalue weighted by molar-refractivity contribution is 0.149. The average Bonchev–Trinajstić information content (AvgIpc) is 3.43. The molecule has 0 aliphatic carbocycles. The Morgan fingerprint density at radius 2 is 1.70 bits per heavy atom. The predicted molar refractivity (Wildman–Crippen MR) is 160 cm³/mol. The van der Waals surface area contributed by atoms with Gasteiger partial charge >= 0.3 is 18.2 Å². The van der Waals surface area contributed by atoms with Crippen molar-refractivity contribution in [1.82, 2.24) is 14.9 Å². The van der Waals surface area contributed by atoms with Gasteiger partial charge in [0.2, 0.25) is 0 Å². The number of carboxylic acid groups (broad SMARTS) is 1. The summed E-state index contributed by atoms with van der Waals surface area (Å²) in [5, 5.41) is 13.4. The van der Waals surface area contributed by atoms with Crippen LogP contribution in [-0.4, -0.2) is 52.6 Å². The second-order valence-corrected chi connectivity index (χ2v) is 9.14. The standard InChI is InChI=1S/C32H28N4O7/c1-2-41-19-17-34-30(37)35-18-15-23-20-24(12-13-27(23)35)42-25-14-16-33-29(21-25)36(31(38)39)32(40)43-28-11-7-6-10-26(28)22-8-4-3-5-9-22/h3-16,18,20-21H,2,17,19H2,1H3,(H,34,37)(H,38,39). The molecule has 2 heterocycles. The highest BCUT2D eigenvalue weighted by Crippen LogP contribution is 2.31. The Morgan fingerprint density at radius 1 is 0.930 bits per heavy atom. The molecule has 43 heavy (non-hydrogen) atoms. The van der Waals surface area contributed by atoms with Crippen molar-refractivity contribution in [1.29, 1.82) is 0 Å². The molecule has 0 unspecified atom stereocenters. The Morgan fingerprint density at radius 3 is 2.49 bits per heavy atom. The van der Waals surface area contributed by atoms with Crippen LogP contribution in [-0.2, 0) is 4.74 Å². The molecular formula is C32H28N4O7. The average molecular weight is 581 g/mol. The van der Waals surface area contributed by atoms with Crippen LogP contribution < -0.4 is 19.7 Å². The first-order valence-corrected chi connectivity index (χ1v) is 13.4. The van der Waals surface area contributed by atoms with E-state index >= 15 is 0 Å². The minimum Gasteiger partial charge on any atom is -0.464 e. The number of ether oxygens (including phenoxy) is 3. The van der Waals surface area contributed by atoms with Crippen LogP contribution >= 0.6 is 0 Å². The van der Waals surface area contributed by atoms with Gasteiger partial charge in [-0.25, -0.2) is 19.4 Å². The zero-order valence-corrected chi connectivity index (χ0v) is 23.2. The molecule has 3 amide bonds. The largest absolute Gasteiger partial charge is 0.464 e. The molecule has 3 aromatic carbocycles. The van der Waals surface area contributed by atoms with E-state index in [0.29, 0.717) is 41.5 Å². The summed E-state index contributed by atoms with van der Waals surface area (Å²) in [7, 11) is 0. The van der Waals surface area contributed by atoms with Crippen molar-refractivity contribution < 1.29 is 33.7 Å². The fourth-order valence-electron chi connectivity index (χ4n) is 4.36. The molecule has 0 saturated heterocycles. The van der Waals surface area contributed by atoms with E-state index in [1.807, 2.05) is 37.3 Å². The van der Waals surface area contributed by atoms with Crippen LogP contribution in [0.2, 0.25) is 0 Å². The maximum Gasteiger partial charge on any atom is 0.430 e. The van der Waals surface area contributed by atoms with E-state index in [1.54, 1.807) is 54.7 Å². The highest BCUT2D eigenvalue weighted by molar-refractivity contribution is 6.08. The van der Waals surface area contributed by atoms with Gasteiger partial charge in [0.05, 0.1) is 12.1 Å². The number of hydrogen-bond donors (Lipinski definition) is 2. The summed E-state index contributed by atoms with van der Waals surface area (Å²) in [6.07, 6.45) is 0.256. The maximum atomic E-state index is 13.1. The van der Waals surface area contributed by atoms with Crippen LogP contribution in [0.5, 0.6) is 17.2 Å². The lowest BCUT2D eigenvalue weighted by atomic mass is 10.1. The number of carbonyl (C=O) groups is 3. The van der Waals surface area contributed by atoms with Crippen LogP contribution in [0.3, 0.4) is 0 Å². The summed E-state index contributed by atoms with van der Waals surface area (Å²) >= 11 is 0. The number of imide groups is 1. The van der Waals surface area contributed by atoms with Gasteiger partial charge in [0.25, 0.3) is 0 Å². The fourth-order valence-corrected chi connectivity index (χ4v) is 4.36. The van der Waals surface area contributed by atoms with Gasteiger partial charge in [-0.2, -0.15) is 4.90 Å². The van der Waals surface area contributed by atoms with Gasteiger partial charge in [0.15, 0.2) is 5.82 Å². The zero-order chi connectivity index (χ0) is 30.2. The van der Waals surface area contributed by atoms with Crippen LogP contribution in [0, 0.1) is 0 Å². The number of nitrogens with zero attached hydrogens (tertiary/aromatic N) is 3. The van der Waals surface area contributed by atoms with Crippen LogP contribution in [0.1, 0.15) is 6.92 Å². The number of hydrogen-bond acceptors (Lipinski definition) is 7. The van der Waals surface area contributed by atoms with Crippen molar-refractivity contribution in [2.45, 2.75) is 6.92 Å². The van der Waals surface area contributed by atoms with Crippen molar-refractivity contribution in [2.75, 3.05) is 24.7 Å². The first kappa shape index (κ1) is 28.8. The Bertz CT molecular complexity index is 1750. The number of nitrogens with one attached hydrogen (secondary N) is 1. The second-order valence-electron chi connectivity index (χ2n) is 9.14. The van der Waals surface area contributed by atoms with Crippen molar-refractivity contribution >= 4 is 34.9 Å². The first-order chi connectivity index (χ1) is 20.9. The Balaban J connectivity index is 1.32. The van der Waals surface area contributed by atoms with E-state index in [0.717, 1.165) is 10.9 Å². The van der Waals surface area contributed by atoms with Gasteiger partial charge in [-0.1, -0.05) is 48.5 Å². The molecule has 0 bridgehead atoms. The van der Waals surface area contributed by atoms with E-state index in [1.165, 1.54) is 22.9 Å². The predicted octanol–water partition coefficient (Wildman–Crippen LogP) is 6.77. The summed E-state index contributed by atoms with van der Waals surface area (Å²) in [6, 6.07) is 25.6. The number of amides is 3. The van der Waals surface area contributed by atoms with Gasteiger partial charge in [0, 0.05) is 42.6 Å². The minimum absolute atomic E-state index is 0.195. The third-order valence-electron chi connectivity index (χ3n) is 6.33. The van der Waals surface area contributed by atoms with Crippen molar-refractivity contribution in [3.63, 3.8) is 0 Å². The number of fused-ring (bicyclic) bond motifs is 1. The number of anilines is 1. The van der Waals surface area contributed by atoms with E-state index < -0.39 is 12.2 Å². The number of para-hydroxylation sites is 1. The third kappa shape index (κ3) is 6.80. The minimum atomic E-state index is -1.57. The molecule has 0 aliphatic rings. The summed E-state index contributed by atoms with van der Waals surface area (Å²) in [5.74, 6) is 0.658. The van der Waals surface area contributed by atoms with Crippen LogP contribution in [0.25, 0.3) is 22.0 Å². The first-order valence-electron chi connectivity index (χ1n) is 13.4. The van der Waals surface area contributed by atoms with E-state index in [9.17, 15) is 19.5 Å². The molecule has 2 aromatic heterocycles. The highest BCUT2D eigenvalue weighted by Gasteiger charge is 2.28. The number of carbonyl (C=O) groups excluding carboxylic acids is 2. The van der Waals surface area contributed by atoms with Crippen molar-refractivity contribution in [2.24, 2.45) is 0 Å². The lowest BCUT2D eigenvalue weighted by Gasteiger charge is -2.18. The quantitative estimate of drug-likeness (QED) is 0.183. The molecule has 11 nitrogen and oxygen atoms in total. The zero-order valence-electron chi connectivity index (χ0n) is 23.2. The number of aromatic nitrogens is 2. The molecule has 0 aliphatic heterocycles. The summed E-state index contributed by atoms with van der Waals surface area (Å²) < 4.78 is 18.2. The van der Waals surface area contributed by atoms with Crippen LogP contribution in [0.15, 0.2) is 103 Å². The molecule has 5 rings (SSSR count). The molecule has 2 N–H and O–H groups in total. The fraction of sp³-hybridized carbons (Fsp3) is 0.125. The number of rotatable bonds is 9. The summed E-state index contributed by atoms with van der Waals surface area (Å²) in [6.45, 7) is 3.27. The van der Waals surface area contributed by atoms with Crippen LogP contribution in [0.4, 0.5) is 20.2 Å². The van der Waals surface area contributed by atoms with Crippen molar-refractivity contribution in [3.8, 4) is 28.4 Å². The molecular weight excluding hydrogens is 552 g/mol. The summed E-state index contributed by atoms with van der Waals surface area (Å²) in [4.78, 5) is 42.3. The molecule has 11 heteroatoms. The Kier molecular flexibility index (Phi) is 8.93. The third-order valence-corrected chi connectivity index (χ3v) is 6.33. The Hall–Kier alpha value is -5.68. The molecule has 0 saturated carbocycles. The number of benzene rings is 3. The highest BCUT2D eigenvalue weighted by atomic mass is 16.6. The normalized spacial score (nSPS) is 10.7. The molecule has 0 radical (unpaired) electrons. The van der Waals surface area contributed by atoms with Gasteiger partial charge in [0.1, 0.15) is 17.2 Å². The van der Waals surface area contributed by atoms with E-state index in [4.69, 9.17) is 14.2 Å². The van der Waals surface area contributed by atoms with E-state index in [2.05, 4.69) is 10.3 Å². The molecule has 5 aromatic rings. The number of pyridine rings is 1. The maximum absolute atomic E-state index is 13.1. The smallest absolute Gasteiger partial charge is 0.430 e. The molecule has 218 valence electrons. The van der Waals surface area contributed by atoms with Gasteiger partial charge in [-0.05, 0) is 48.9 Å². The molecule has 0 atom stereocenters. The molecule has 0 spiro atoms. The van der Waals surface area contributed by atoms with Gasteiger partial charge < -0.3 is 24.6 Å². The summed E-state index contributed by atoms with van der Waals surface area (Å²) in [5.41, 5.74) is 2.10. The van der Waals surface area contributed by atoms with E-state index in [-0.39, 0.29) is 23.3 Å². The SMILES string of the molecule is CCOCCNC(=O)n1ccc2cc(Oc3ccnc(N(C(=O)O)C(=O)Oc4ccccc4-c4ccccc4)c3)ccc21.